The molecule has 0 amide bonds. The van der Waals surface area contributed by atoms with Gasteiger partial charge in [-0.25, -0.2) is 0 Å². The number of carboxylic acids is 1. The summed E-state index contributed by atoms with van der Waals surface area (Å²) in [4.78, 5) is 13.0. The highest BCUT2D eigenvalue weighted by atomic mass is 16.7. The average molecular weight is 737 g/mol. The van der Waals surface area contributed by atoms with Crippen LogP contribution in [0.3, 0.4) is 0 Å². The quantitative estimate of drug-likeness (QED) is 0.161. The normalized spacial score (nSPS) is 54.1. The first-order valence-electron chi connectivity index (χ1n) is 19.7. The van der Waals surface area contributed by atoms with Crippen LogP contribution in [0.5, 0.6) is 0 Å². The van der Waals surface area contributed by atoms with Gasteiger partial charge in [-0.1, -0.05) is 60.1 Å². The van der Waals surface area contributed by atoms with Gasteiger partial charge in [0.15, 0.2) is 12.6 Å². The number of rotatable bonds is 5. The minimum absolute atomic E-state index is 0.0407. The second-order valence-electron chi connectivity index (χ2n) is 19.8. The van der Waals surface area contributed by atoms with Crippen molar-refractivity contribution in [1.29, 1.82) is 0 Å². The Morgan fingerprint density at radius 3 is 2.04 bits per heavy atom. The van der Waals surface area contributed by atoms with Crippen LogP contribution in [0.15, 0.2) is 11.6 Å². The van der Waals surface area contributed by atoms with Crippen LogP contribution in [0.1, 0.15) is 106 Å². The van der Waals surface area contributed by atoms with E-state index in [4.69, 9.17) is 18.9 Å². The molecule has 2 heterocycles. The number of hydrogen-bond donors (Lipinski definition) is 7. The van der Waals surface area contributed by atoms with Crippen LogP contribution in [0, 0.1) is 50.2 Å². The largest absolute Gasteiger partial charge is 0.481 e. The van der Waals surface area contributed by atoms with E-state index in [1.165, 1.54) is 5.57 Å². The van der Waals surface area contributed by atoms with Crippen LogP contribution in [-0.4, -0.2) is 116 Å². The summed E-state index contributed by atoms with van der Waals surface area (Å²) in [5.74, 6) is -0.530. The van der Waals surface area contributed by atoms with Crippen LogP contribution in [0.4, 0.5) is 0 Å². The Kier molecular flexibility index (Phi) is 9.71. The van der Waals surface area contributed by atoms with E-state index in [0.29, 0.717) is 25.2 Å². The van der Waals surface area contributed by atoms with Crippen molar-refractivity contribution in [3.63, 3.8) is 0 Å². The van der Waals surface area contributed by atoms with Crippen molar-refractivity contribution >= 4 is 5.97 Å². The molecule has 0 unspecified atom stereocenters. The fraction of sp³-hybridized carbons (Fsp3) is 0.925. The Morgan fingerprint density at radius 2 is 1.37 bits per heavy atom. The fourth-order valence-corrected chi connectivity index (χ4v) is 13.1. The lowest BCUT2D eigenvalue weighted by Crippen LogP contribution is -2.67. The van der Waals surface area contributed by atoms with Gasteiger partial charge in [0, 0.05) is 5.92 Å². The van der Waals surface area contributed by atoms with Crippen LogP contribution in [0.25, 0.3) is 0 Å². The van der Waals surface area contributed by atoms with Gasteiger partial charge < -0.3 is 54.7 Å². The van der Waals surface area contributed by atoms with E-state index >= 15 is 0 Å². The zero-order valence-corrected chi connectivity index (χ0v) is 32.0. The molecular formula is C40H64O12. The number of carboxylic acid groups (broad SMARTS) is 1. The summed E-state index contributed by atoms with van der Waals surface area (Å²) >= 11 is 0. The van der Waals surface area contributed by atoms with E-state index in [9.17, 15) is 40.5 Å². The molecule has 0 spiro atoms. The average Bonchev–Trinajstić information content (AvgIpc) is 3.07. The van der Waals surface area contributed by atoms with Gasteiger partial charge in [0.1, 0.15) is 36.6 Å². The summed E-state index contributed by atoms with van der Waals surface area (Å²) in [6, 6.07) is 0. The second-order valence-corrected chi connectivity index (χ2v) is 19.8. The lowest BCUT2D eigenvalue weighted by molar-refractivity contribution is -0.346. The maximum absolute atomic E-state index is 13.0. The van der Waals surface area contributed by atoms with Crippen LogP contribution >= 0.6 is 0 Å². The Labute approximate surface area is 307 Å². The van der Waals surface area contributed by atoms with Crippen molar-refractivity contribution < 1.29 is 59.5 Å². The molecule has 2 aliphatic heterocycles. The molecule has 0 radical (unpaired) electrons. The number of hydrogen-bond acceptors (Lipinski definition) is 11. The molecule has 0 aromatic heterocycles. The molecule has 2 saturated heterocycles. The first-order valence-corrected chi connectivity index (χ1v) is 19.7. The third-order valence-electron chi connectivity index (χ3n) is 16.7. The third-order valence-corrected chi connectivity index (χ3v) is 16.7. The Balaban J connectivity index is 1.11. The number of allylic oxidation sites excluding steroid dienone is 1. The number of fused-ring (bicyclic) bond motifs is 7. The molecule has 17 atom stereocenters. The van der Waals surface area contributed by atoms with Gasteiger partial charge in [-0.2, -0.15) is 0 Å². The molecule has 7 rings (SSSR count). The molecule has 12 heteroatoms. The first kappa shape index (κ1) is 39.1. The van der Waals surface area contributed by atoms with Gasteiger partial charge in [0.25, 0.3) is 0 Å². The van der Waals surface area contributed by atoms with E-state index in [1.807, 2.05) is 0 Å². The molecule has 5 aliphatic carbocycles. The van der Waals surface area contributed by atoms with Crippen molar-refractivity contribution in [2.24, 2.45) is 50.2 Å². The zero-order chi connectivity index (χ0) is 38.0. The summed E-state index contributed by atoms with van der Waals surface area (Å²) in [5.41, 5.74) is -0.787. The third kappa shape index (κ3) is 5.47. The van der Waals surface area contributed by atoms with Crippen molar-refractivity contribution in [3.8, 4) is 0 Å². The topological polar surface area (TPSA) is 196 Å². The predicted molar refractivity (Wildman–Crippen MR) is 187 cm³/mol. The smallest absolute Gasteiger partial charge is 0.310 e. The number of carbonyl (C=O) groups is 1. The number of ether oxygens (including phenoxy) is 4. The van der Waals surface area contributed by atoms with Gasteiger partial charge in [-0.05, 0) is 96.7 Å². The predicted octanol–water partition coefficient (Wildman–Crippen LogP) is 3.13. The summed E-state index contributed by atoms with van der Waals surface area (Å²) in [6.45, 7) is 15.5. The molecule has 0 bridgehead atoms. The first-order chi connectivity index (χ1) is 24.2. The maximum Gasteiger partial charge on any atom is 0.310 e. The monoisotopic (exact) mass is 736 g/mol. The van der Waals surface area contributed by atoms with E-state index in [-0.39, 0.29) is 52.3 Å². The van der Waals surface area contributed by atoms with Gasteiger partial charge in [0.2, 0.25) is 0 Å². The summed E-state index contributed by atoms with van der Waals surface area (Å²) in [5, 5.41) is 75.1. The van der Waals surface area contributed by atoms with E-state index in [1.54, 1.807) is 0 Å². The van der Waals surface area contributed by atoms with Gasteiger partial charge in [-0.15, -0.1) is 0 Å². The molecule has 12 nitrogen and oxygen atoms in total. The minimum atomic E-state index is -1.57. The van der Waals surface area contributed by atoms with Crippen LogP contribution < -0.4 is 0 Å². The molecule has 4 saturated carbocycles. The van der Waals surface area contributed by atoms with Gasteiger partial charge in [-0.3, -0.25) is 4.79 Å². The Morgan fingerprint density at radius 1 is 0.731 bits per heavy atom. The van der Waals surface area contributed by atoms with E-state index in [0.717, 1.165) is 38.5 Å². The van der Waals surface area contributed by atoms with E-state index in [2.05, 4.69) is 54.5 Å². The molecule has 7 aliphatic rings. The van der Waals surface area contributed by atoms with Crippen LogP contribution in [-0.2, 0) is 23.7 Å². The SMILES string of the molecule is CC1(C)CC[C@]2(C(=O)O)CC[C@]3(C)C(=CC[C@@H]4[C@@]5(C)CC[C@H](O[C@@H]6OC[C@@H](O)[C@H](O[C@@H]7OC[C@H](O)[C@H](O)[C@H]7O)[C@H]6O)C(C)(C)[C@@H]5CC[C@]43C)[C@@H]2[C@@H]1O. The molecule has 7 N–H and O–H groups in total. The minimum Gasteiger partial charge on any atom is -0.481 e. The highest BCUT2D eigenvalue weighted by Crippen LogP contribution is 2.76. The van der Waals surface area contributed by atoms with Crippen LogP contribution in [0.2, 0.25) is 0 Å². The lowest BCUT2D eigenvalue weighted by Gasteiger charge is -2.71. The summed E-state index contributed by atoms with van der Waals surface area (Å²) in [7, 11) is 0. The molecule has 0 aromatic rings. The standard InChI is InChI=1S/C40H64O12/c1-35(2)14-16-40(34(47)48)17-15-38(6)20(26(40)31(35)46)8-9-24-37(5)12-11-25(36(3,4)23(37)10-13-39(24,38)7)51-33-29(45)30(22(42)19-50-33)52-32-28(44)27(43)21(41)18-49-32/h8,21-33,41-46H,9-19H2,1-7H3,(H,47,48)/t21-,22+,23-,24+,25-,26+,27-,28+,29+,30-,31-,32-,33-,37-,38+,39+,40-/m0/s1. The molecule has 6 fully saturated rings. The molecule has 0 aromatic carbocycles. The summed E-state index contributed by atoms with van der Waals surface area (Å²) < 4.78 is 23.6. The number of aliphatic hydroxyl groups is 6. The lowest BCUT2D eigenvalue weighted by atomic mass is 9.33. The van der Waals surface area contributed by atoms with E-state index < -0.39 is 72.6 Å². The van der Waals surface area contributed by atoms with Crippen molar-refractivity contribution in [3.05, 3.63) is 11.6 Å². The van der Waals surface area contributed by atoms with Gasteiger partial charge in [0.05, 0.1) is 30.8 Å². The van der Waals surface area contributed by atoms with Gasteiger partial charge >= 0.3 is 5.97 Å². The zero-order valence-electron chi connectivity index (χ0n) is 32.0. The highest BCUT2D eigenvalue weighted by Gasteiger charge is 2.71. The molecule has 296 valence electrons. The number of aliphatic hydroxyl groups excluding tert-OH is 6. The Hall–Kier alpha value is -1.19. The fourth-order valence-electron chi connectivity index (χ4n) is 13.1. The summed E-state index contributed by atoms with van der Waals surface area (Å²) in [6.07, 6.45) is -2.23. The second kappa shape index (κ2) is 12.9. The van der Waals surface area contributed by atoms with Crippen molar-refractivity contribution in [2.45, 2.75) is 168 Å². The molecule has 52 heavy (non-hydrogen) atoms. The maximum atomic E-state index is 13.0. The molecular weight excluding hydrogens is 672 g/mol. The van der Waals surface area contributed by atoms with Crippen molar-refractivity contribution in [1.82, 2.24) is 0 Å². The Bertz CT molecular complexity index is 1420. The highest BCUT2D eigenvalue weighted by molar-refractivity contribution is 5.77. The van der Waals surface area contributed by atoms with Crippen molar-refractivity contribution in [2.75, 3.05) is 13.2 Å². The number of aliphatic carboxylic acids is 1.